The fourth-order valence-corrected chi connectivity index (χ4v) is 5.20. The summed E-state index contributed by atoms with van der Waals surface area (Å²) < 4.78 is 27.9. The number of rotatable bonds is 6. The standard InChI is InChI=1S/C27H33FN2O3/c1-3-33-27(32)22-11-7-17-30(26(31)24-18(2)8-6-12-23(24)28)25(22)19-13-15-21(16-14-19)29-20-9-4-5-10-20/h6,8,12-16,20,22,25,29H,3-5,7,9-11,17H2,1-2H3/t22-,25-/m0/s1/i6D. The Morgan fingerprint density at radius 1 is 1.12 bits per heavy atom. The first kappa shape index (κ1) is 21.9. The molecule has 33 heavy (non-hydrogen) atoms. The van der Waals surface area contributed by atoms with E-state index < -0.39 is 23.7 Å². The molecule has 1 N–H and O–H groups in total. The number of carbonyl (C=O) groups excluding carboxylic acids is 2. The normalized spacial score (nSPS) is 21.5. The summed E-state index contributed by atoms with van der Waals surface area (Å²) >= 11 is 0. The van der Waals surface area contributed by atoms with Gasteiger partial charge in [0.1, 0.15) is 5.82 Å². The maximum atomic E-state index is 14.8. The highest BCUT2D eigenvalue weighted by Crippen LogP contribution is 2.39. The number of carbonyl (C=O) groups is 2. The third-order valence-corrected chi connectivity index (χ3v) is 6.82. The van der Waals surface area contributed by atoms with Crippen LogP contribution in [0.1, 0.15) is 74.3 Å². The molecule has 5 nitrogen and oxygen atoms in total. The Morgan fingerprint density at radius 2 is 1.85 bits per heavy atom. The fraction of sp³-hybridized carbons (Fsp3) is 0.481. The molecule has 4 rings (SSSR count). The van der Waals surface area contributed by atoms with Crippen molar-refractivity contribution in [3.63, 3.8) is 0 Å². The molecule has 0 radical (unpaired) electrons. The number of aryl methyl sites for hydroxylation is 1. The molecule has 0 unspecified atom stereocenters. The number of piperidine rings is 1. The predicted molar refractivity (Wildman–Crippen MR) is 127 cm³/mol. The predicted octanol–water partition coefficient (Wildman–Crippen LogP) is 5.65. The van der Waals surface area contributed by atoms with Gasteiger partial charge in [-0.15, -0.1) is 0 Å². The maximum absolute atomic E-state index is 14.8. The highest BCUT2D eigenvalue weighted by molar-refractivity contribution is 5.96. The van der Waals surface area contributed by atoms with Gasteiger partial charge in [-0.1, -0.05) is 37.1 Å². The molecular weight excluding hydrogens is 419 g/mol. The lowest BCUT2D eigenvalue weighted by Gasteiger charge is -2.41. The Labute approximate surface area is 196 Å². The molecule has 2 aromatic carbocycles. The third-order valence-electron chi connectivity index (χ3n) is 6.82. The summed E-state index contributed by atoms with van der Waals surface area (Å²) in [4.78, 5) is 28.1. The molecule has 1 aliphatic carbocycles. The van der Waals surface area contributed by atoms with Crippen molar-refractivity contribution in [2.45, 2.75) is 64.5 Å². The molecule has 0 aromatic heterocycles. The Morgan fingerprint density at radius 3 is 2.52 bits per heavy atom. The van der Waals surface area contributed by atoms with Crippen LogP contribution in [-0.2, 0) is 9.53 Å². The number of halogens is 1. The minimum Gasteiger partial charge on any atom is -0.466 e. The molecule has 0 spiro atoms. The molecule has 2 fully saturated rings. The van der Waals surface area contributed by atoms with Crippen molar-refractivity contribution >= 4 is 17.6 Å². The van der Waals surface area contributed by atoms with E-state index in [1.807, 2.05) is 24.3 Å². The van der Waals surface area contributed by atoms with E-state index >= 15 is 0 Å². The number of benzene rings is 2. The molecule has 176 valence electrons. The average molecular weight is 454 g/mol. The molecule has 1 heterocycles. The first-order valence-electron chi connectivity index (χ1n) is 12.5. The first-order valence-corrected chi connectivity index (χ1v) is 12.0. The summed E-state index contributed by atoms with van der Waals surface area (Å²) in [6, 6.07) is 10.4. The van der Waals surface area contributed by atoms with Crippen molar-refractivity contribution in [1.29, 1.82) is 0 Å². The van der Waals surface area contributed by atoms with Gasteiger partial charge in [-0.05, 0) is 68.9 Å². The number of anilines is 1. The van der Waals surface area contributed by atoms with Gasteiger partial charge in [0.05, 0.1) is 25.5 Å². The van der Waals surface area contributed by atoms with Gasteiger partial charge in [0.2, 0.25) is 0 Å². The number of amides is 1. The fourth-order valence-electron chi connectivity index (χ4n) is 5.20. The van der Waals surface area contributed by atoms with E-state index in [0.29, 0.717) is 31.0 Å². The Balaban J connectivity index is 1.67. The molecule has 1 saturated heterocycles. The Kier molecular flexibility index (Phi) is 6.89. The zero-order chi connectivity index (χ0) is 24.2. The van der Waals surface area contributed by atoms with Crippen molar-refractivity contribution < 1.29 is 20.1 Å². The Hall–Kier alpha value is -2.89. The quantitative estimate of drug-likeness (QED) is 0.575. The zero-order valence-electron chi connectivity index (χ0n) is 20.4. The van der Waals surface area contributed by atoms with Gasteiger partial charge in [0.15, 0.2) is 0 Å². The van der Waals surface area contributed by atoms with Crippen molar-refractivity contribution in [3.8, 4) is 0 Å². The minimum absolute atomic E-state index is 0.0245. The number of esters is 1. The lowest BCUT2D eigenvalue weighted by atomic mass is 9.84. The van der Waals surface area contributed by atoms with Crippen molar-refractivity contribution in [1.82, 2.24) is 4.90 Å². The van der Waals surface area contributed by atoms with Gasteiger partial charge >= 0.3 is 5.97 Å². The van der Waals surface area contributed by atoms with Crippen LogP contribution in [0.5, 0.6) is 0 Å². The van der Waals surface area contributed by atoms with Crippen LogP contribution in [0.15, 0.2) is 42.4 Å². The topological polar surface area (TPSA) is 58.6 Å². The third kappa shape index (κ3) is 5.05. The second-order valence-electron chi connectivity index (χ2n) is 9.05. The highest BCUT2D eigenvalue weighted by Gasteiger charge is 2.41. The van der Waals surface area contributed by atoms with Gasteiger partial charge in [-0.25, -0.2) is 4.39 Å². The summed E-state index contributed by atoms with van der Waals surface area (Å²) in [5.41, 5.74) is 2.23. The van der Waals surface area contributed by atoms with Crippen LogP contribution in [0, 0.1) is 18.7 Å². The van der Waals surface area contributed by atoms with Gasteiger partial charge < -0.3 is 15.0 Å². The summed E-state index contributed by atoms with van der Waals surface area (Å²) in [5.74, 6) is -2.02. The summed E-state index contributed by atoms with van der Waals surface area (Å²) in [5, 5.41) is 3.57. The van der Waals surface area contributed by atoms with Crippen LogP contribution >= 0.6 is 0 Å². The van der Waals surface area contributed by atoms with E-state index in [9.17, 15) is 14.0 Å². The summed E-state index contributed by atoms with van der Waals surface area (Å²) in [7, 11) is 0. The van der Waals surface area contributed by atoms with Crippen LogP contribution in [-0.4, -0.2) is 36.0 Å². The van der Waals surface area contributed by atoms with Crippen LogP contribution in [0.3, 0.4) is 0 Å². The molecule has 2 atom stereocenters. The molecular formula is C27H33FN2O3. The molecule has 6 heteroatoms. The van der Waals surface area contributed by atoms with E-state index in [0.717, 1.165) is 17.3 Å². The average Bonchev–Trinajstić information content (AvgIpc) is 3.31. The Bertz CT molecular complexity index is 1010. The molecule has 1 saturated carbocycles. The van der Waals surface area contributed by atoms with Crippen molar-refractivity contribution in [2.75, 3.05) is 18.5 Å². The van der Waals surface area contributed by atoms with Crippen molar-refractivity contribution in [2.24, 2.45) is 5.92 Å². The minimum atomic E-state index is -0.705. The van der Waals surface area contributed by atoms with E-state index in [1.54, 1.807) is 18.7 Å². The lowest BCUT2D eigenvalue weighted by Crippen LogP contribution is -2.46. The second-order valence-corrected chi connectivity index (χ2v) is 9.05. The zero-order valence-corrected chi connectivity index (χ0v) is 19.4. The van der Waals surface area contributed by atoms with Crippen LogP contribution in [0.2, 0.25) is 0 Å². The number of hydrogen-bond donors (Lipinski definition) is 1. The van der Waals surface area contributed by atoms with Gasteiger partial charge in [-0.3, -0.25) is 9.59 Å². The molecule has 2 aliphatic rings. The summed E-state index contributed by atoms with van der Waals surface area (Å²) in [6.45, 7) is 4.09. The van der Waals surface area contributed by atoms with Gasteiger partial charge in [0, 0.05) is 18.3 Å². The van der Waals surface area contributed by atoms with E-state index in [2.05, 4.69) is 5.32 Å². The number of likely N-dealkylation sites (tertiary alicyclic amines) is 1. The maximum Gasteiger partial charge on any atom is 0.311 e. The largest absolute Gasteiger partial charge is 0.466 e. The lowest BCUT2D eigenvalue weighted by molar-refractivity contribution is -0.151. The van der Waals surface area contributed by atoms with E-state index in [1.165, 1.54) is 31.7 Å². The smallest absolute Gasteiger partial charge is 0.311 e. The number of nitrogens with zero attached hydrogens (tertiary/aromatic N) is 1. The number of hydrogen-bond acceptors (Lipinski definition) is 4. The number of ether oxygens (including phenoxy) is 1. The van der Waals surface area contributed by atoms with Crippen molar-refractivity contribution in [3.05, 3.63) is 64.9 Å². The van der Waals surface area contributed by atoms with Gasteiger partial charge in [0.25, 0.3) is 5.91 Å². The van der Waals surface area contributed by atoms with E-state index in [4.69, 9.17) is 6.11 Å². The van der Waals surface area contributed by atoms with Crippen LogP contribution in [0.25, 0.3) is 0 Å². The molecule has 2 aromatic rings. The molecule has 0 bridgehead atoms. The van der Waals surface area contributed by atoms with Crippen LogP contribution < -0.4 is 5.32 Å². The SMILES string of the molecule is [2H]c1cc(C)c(C(=O)N2CCC[C@H](C(=O)OCC)[C@@H]2c2ccc(NC3CCCC3)cc2)c(F)c1. The van der Waals surface area contributed by atoms with E-state index in [-0.39, 0.29) is 24.2 Å². The number of nitrogens with one attached hydrogen (secondary N) is 1. The van der Waals surface area contributed by atoms with Gasteiger partial charge in [-0.2, -0.15) is 0 Å². The first-order chi connectivity index (χ1) is 16.4. The second kappa shape index (κ2) is 10.4. The molecule has 1 amide bonds. The highest BCUT2D eigenvalue weighted by atomic mass is 19.1. The molecule has 1 aliphatic heterocycles. The monoisotopic (exact) mass is 453 g/mol. The summed E-state index contributed by atoms with van der Waals surface area (Å²) in [6.07, 6.45) is 6.05. The van der Waals surface area contributed by atoms with Crippen LogP contribution in [0.4, 0.5) is 10.1 Å².